The molecule has 3 rings (SSSR count). The molecule has 1 fully saturated rings. The number of amides is 3. The van der Waals surface area contributed by atoms with Crippen LogP contribution in [0.4, 0.5) is 9.18 Å². The second kappa shape index (κ2) is 8.09. The van der Waals surface area contributed by atoms with Crippen LogP contribution in [0.1, 0.15) is 30.9 Å². The van der Waals surface area contributed by atoms with E-state index in [1.165, 1.54) is 29.2 Å². The zero-order valence-corrected chi connectivity index (χ0v) is 15.4. The summed E-state index contributed by atoms with van der Waals surface area (Å²) in [5.74, 6) is -0.190. The molecule has 7 heteroatoms. The summed E-state index contributed by atoms with van der Waals surface area (Å²) in [5, 5.41) is 11.7. The van der Waals surface area contributed by atoms with Gasteiger partial charge in [0.2, 0.25) is 0 Å². The molecule has 0 spiro atoms. The number of nitrogens with zero attached hydrogens (tertiary/aromatic N) is 2. The van der Waals surface area contributed by atoms with E-state index in [0.717, 1.165) is 0 Å². The molecule has 1 unspecified atom stereocenters. The first-order valence-corrected chi connectivity index (χ1v) is 9.03. The Balaban J connectivity index is 1.63. The van der Waals surface area contributed by atoms with Crippen molar-refractivity contribution in [3.63, 3.8) is 0 Å². The lowest BCUT2D eigenvalue weighted by Crippen LogP contribution is -2.43. The highest BCUT2D eigenvalue weighted by molar-refractivity contribution is 6.07. The second-order valence-corrected chi connectivity index (χ2v) is 6.49. The highest BCUT2D eigenvalue weighted by atomic mass is 19.1. The van der Waals surface area contributed by atoms with Gasteiger partial charge >= 0.3 is 6.03 Å². The van der Waals surface area contributed by atoms with Crippen LogP contribution in [0.3, 0.4) is 0 Å². The zero-order chi connectivity index (χ0) is 20.1. The first-order chi connectivity index (χ1) is 13.5. The van der Waals surface area contributed by atoms with Crippen molar-refractivity contribution < 1.29 is 18.7 Å². The van der Waals surface area contributed by atoms with Gasteiger partial charge in [0.1, 0.15) is 17.1 Å². The minimum absolute atomic E-state index is 0.200. The number of benzene rings is 2. The van der Waals surface area contributed by atoms with E-state index in [0.29, 0.717) is 36.3 Å². The number of nitrogens with one attached hydrogen (secondary N) is 1. The fraction of sp³-hybridized carbons (Fsp3) is 0.286. The Morgan fingerprint density at radius 3 is 2.64 bits per heavy atom. The summed E-state index contributed by atoms with van der Waals surface area (Å²) < 4.78 is 18.8. The van der Waals surface area contributed by atoms with Gasteiger partial charge in [-0.1, -0.05) is 25.1 Å². The average Bonchev–Trinajstić information content (AvgIpc) is 2.96. The molecule has 1 heterocycles. The van der Waals surface area contributed by atoms with E-state index in [-0.39, 0.29) is 12.5 Å². The molecule has 1 N–H and O–H groups in total. The Bertz CT molecular complexity index is 923. The van der Waals surface area contributed by atoms with Crippen LogP contribution >= 0.6 is 0 Å². The van der Waals surface area contributed by atoms with Crippen molar-refractivity contribution in [2.75, 3.05) is 13.2 Å². The molecule has 0 bridgehead atoms. The molecule has 0 aliphatic carbocycles. The van der Waals surface area contributed by atoms with Gasteiger partial charge in [0.05, 0.1) is 18.2 Å². The molecule has 1 aliphatic heterocycles. The molecule has 0 saturated carbocycles. The molecule has 1 saturated heterocycles. The van der Waals surface area contributed by atoms with Crippen LogP contribution in [0.2, 0.25) is 0 Å². The Labute approximate surface area is 162 Å². The molecule has 2 aromatic rings. The van der Waals surface area contributed by atoms with Crippen molar-refractivity contribution in [3.8, 4) is 11.8 Å². The fourth-order valence-corrected chi connectivity index (χ4v) is 3.27. The maximum absolute atomic E-state index is 13.2. The standard InChI is InChI=1S/C21H20FN3O3/c1-2-21(16-7-9-17(22)10-8-16)19(26)25(20(27)24-21)11-4-12-28-18-6-3-5-15(13-18)14-23/h3,5-10,13H,2,4,11-12H2,1H3,(H,24,27). The number of halogens is 1. The van der Waals surface area contributed by atoms with Crippen molar-refractivity contribution in [3.05, 3.63) is 65.5 Å². The minimum atomic E-state index is -1.17. The summed E-state index contributed by atoms with van der Waals surface area (Å²) in [5.41, 5.74) is -0.118. The van der Waals surface area contributed by atoms with E-state index in [4.69, 9.17) is 10.00 Å². The molecule has 28 heavy (non-hydrogen) atoms. The number of rotatable bonds is 7. The third-order valence-electron chi connectivity index (χ3n) is 4.80. The lowest BCUT2D eigenvalue weighted by molar-refractivity contribution is -0.131. The Kier molecular flexibility index (Phi) is 5.59. The highest BCUT2D eigenvalue weighted by Crippen LogP contribution is 2.32. The van der Waals surface area contributed by atoms with Gasteiger partial charge in [-0.15, -0.1) is 0 Å². The van der Waals surface area contributed by atoms with E-state index in [1.54, 1.807) is 31.2 Å². The van der Waals surface area contributed by atoms with Crippen LogP contribution < -0.4 is 10.1 Å². The summed E-state index contributed by atoms with van der Waals surface area (Å²) in [6.07, 6.45) is 0.802. The van der Waals surface area contributed by atoms with Gasteiger partial charge in [-0.2, -0.15) is 5.26 Å². The van der Waals surface area contributed by atoms with Gasteiger partial charge in [0.15, 0.2) is 0 Å². The number of urea groups is 1. The summed E-state index contributed by atoms with van der Waals surface area (Å²) in [6, 6.07) is 13.9. The molecule has 0 aromatic heterocycles. The minimum Gasteiger partial charge on any atom is -0.493 e. The van der Waals surface area contributed by atoms with Crippen LogP contribution in [-0.2, 0) is 10.3 Å². The van der Waals surface area contributed by atoms with Crippen LogP contribution in [0.15, 0.2) is 48.5 Å². The molecular weight excluding hydrogens is 361 g/mol. The molecular formula is C21H20FN3O3. The number of nitriles is 1. The lowest BCUT2D eigenvalue weighted by Gasteiger charge is -2.25. The largest absolute Gasteiger partial charge is 0.493 e. The van der Waals surface area contributed by atoms with Gasteiger partial charge in [0.25, 0.3) is 5.91 Å². The predicted octanol–water partition coefficient (Wildman–Crippen LogP) is 3.32. The van der Waals surface area contributed by atoms with Crippen molar-refractivity contribution in [2.45, 2.75) is 25.3 Å². The van der Waals surface area contributed by atoms with Crippen molar-refractivity contribution in [1.29, 1.82) is 5.26 Å². The highest BCUT2D eigenvalue weighted by Gasteiger charge is 2.50. The monoisotopic (exact) mass is 381 g/mol. The maximum atomic E-state index is 13.2. The van der Waals surface area contributed by atoms with Crippen LogP contribution in [0.25, 0.3) is 0 Å². The summed E-state index contributed by atoms with van der Waals surface area (Å²) >= 11 is 0. The third-order valence-corrected chi connectivity index (χ3v) is 4.80. The van der Waals surface area contributed by atoms with E-state index in [2.05, 4.69) is 5.32 Å². The molecule has 144 valence electrons. The second-order valence-electron chi connectivity index (χ2n) is 6.49. The SMILES string of the molecule is CCC1(c2ccc(F)cc2)NC(=O)N(CCCOc2cccc(C#N)c2)C1=O. The molecule has 3 amide bonds. The van der Waals surface area contributed by atoms with Gasteiger partial charge in [-0.05, 0) is 48.7 Å². The molecule has 0 radical (unpaired) electrons. The van der Waals surface area contributed by atoms with Crippen molar-refractivity contribution >= 4 is 11.9 Å². The van der Waals surface area contributed by atoms with E-state index in [9.17, 15) is 14.0 Å². The number of hydrogen-bond donors (Lipinski definition) is 1. The van der Waals surface area contributed by atoms with Gasteiger partial charge in [-0.25, -0.2) is 9.18 Å². The Hall–Kier alpha value is -3.40. The fourth-order valence-electron chi connectivity index (χ4n) is 3.27. The quantitative estimate of drug-likeness (QED) is 0.589. The van der Waals surface area contributed by atoms with Gasteiger partial charge < -0.3 is 10.1 Å². The molecule has 6 nitrogen and oxygen atoms in total. The first kappa shape index (κ1) is 19.4. The number of carbonyl (C=O) groups excluding carboxylic acids is 2. The van der Waals surface area contributed by atoms with Crippen molar-refractivity contribution in [2.24, 2.45) is 0 Å². The normalized spacial score (nSPS) is 18.7. The van der Waals surface area contributed by atoms with Crippen molar-refractivity contribution in [1.82, 2.24) is 10.2 Å². The maximum Gasteiger partial charge on any atom is 0.325 e. The van der Waals surface area contributed by atoms with Crippen LogP contribution in [0.5, 0.6) is 5.75 Å². The van der Waals surface area contributed by atoms with E-state index >= 15 is 0 Å². The van der Waals surface area contributed by atoms with E-state index < -0.39 is 17.4 Å². The molecule has 1 atom stereocenters. The molecule has 2 aromatic carbocycles. The Morgan fingerprint density at radius 2 is 1.96 bits per heavy atom. The predicted molar refractivity (Wildman–Crippen MR) is 99.9 cm³/mol. The smallest absolute Gasteiger partial charge is 0.325 e. The number of carbonyl (C=O) groups is 2. The van der Waals surface area contributed by atoms with Gasteiger partial charge in [0, 0.05) is 6.54 Å². The van der Waals surface area contributed by atoms with Crippen LogP contribution in [0, 0.1) is 17.1 Å². The summed E-state index contributed by atoms with van der Waals surface area (Å²) in [7, 11) is 0. The lowest BCUT2D eigenvalue weighted by atomic mass is 9.87. The summed E-state index contributed by atoms with van der Waals surface area (Å²) in [6.45, 7) is 2.30. The summed E-state index contributed by atoms with van der Waals surface area (Å²) in [4.78, 5) is 26.5. The zero-order valence-electron chi connectivity index (χ0n) is 15.4. The average molecular weight is 381 g/mol. The number of hydrogen-bond acceptors (Lipinski definition) is 4. The Morgan fingerprint density at radius 1 is 1.21 bits per heavy atom. The van der Waals surface area contributed by atoms with Crippen LogP contribution in [-0.4, -0.2) is 30.0 Å². The first-order valence-electron chi connectivity index (χ1n) is 9.03. The number of imide groups is 1. The van der Waals surface area contributed by atoms with E-state index in [1.807, 2.05) is 6.07 Å². The third kappa shape index (κ3) is 3.67. The number of ether oxygens (including phenoxy) is 1. The van der Waals surface area contributed by atoms with Gasteiger partial charge in [-0.3, -0.25) is 9.69 Å². The topological polar surface area (TPSA) is 82.4 Å². The molecule has 1 aliphatic rings.